The SMILES string of the molecule is COc1cnc(N)c(CC(=O)O)n1. The number of hydrogen-bond acceptors (Lipinski definition) is 5. The molecule has 1 aromatic rings. The average Bonchev–Trinajstić information content (AvgIpc) is 2.08. The number of carboxylic acid groups (broad SMARTS) is 1. The topological polar surface area (TPSA) is 98.3 Å². The summed E-state index contributed by atoms with van der Waals surface area (Å²) >= 11 is 0. The minimum atomic E-state index is -1.01. The van der Waals surface area contributed by atoms with E-state index in [1.54, 1.807) is 0 Å². The molecule has 0 unspecified atom stereocenters. The van der Waals surface area contributed by atoms with Crippen molar-refractivity contribution in [2.24, 2.45) is 0 Å². The van der Waals surface area contributed by atoms with Gasteiger partial charge in [0.15, 0.2) is 0 Å². The zero-order valence-electron chi connectivity index (χ0n) is 7.02. The summed E-state index contributed by atoms with van der Waals surface area (Å²) in [7, 11) is 1.42. The van der Waals surface area contributed by atoms with Gasteiger partial charge < -0.3 is 15.6 Å². The number of aliphatic carboxylic acids is 1. The molecule has 0 spiro atoms. The van der Waals surface area contributed by atoms with Gasteiger partial charge in [-0.05, 0) is 0 Å². The summed E-state index contributed by atoms with van der Waals surface area (Å²) in [6.45, 7) is 0. The molecule has 1 rings (SSSR count). The lowest BCUT2D eigenvalue weighted by atomic mass is 10.3. The molecule has 70 valence electrons. The quantitative estimate of drug-likeness (QED) is 0.667. The fourth-order valence-corrected chi connectivity index (χ4v) is 0.790. The van der Waals surface area contributed by atoms with Gasteiger partial charge in [-0.3, -0.25) is 4.79 Å². The van der Waals surface area contributed by atoms with E-state index in [1.807, 2.05) is 0 Å². The second kappa shape index (κ2) is 3.70. The molecule has 6 heteroatoms. The summed E-state index contributed by atoms with van der Waals surface area (Å²) in [5.74, 6) is -0.636. The fourth-order valence-electron chi connectivity index (χ4n) is 0.790. The van der Waals surface area contributed by atoms with Crippen molar-refractivity contribution < 1.29 is 14.6 Å². The highest BCUT2D eigenvalue weighted by Gasteiger charge is 2.08. The van der Waals surface area contributed by atoms with E-state index in [-0.39, 0.29) is 23.8 Å². The van der Waals surface area contributed by atoms with E-state index in [0.29, 0.717) is 0 Å². The van der Waals surface area contributed by atoms with Crippen molar-refractivity contribution in [3.05, 3.63) is 11.9 Å². The van der Waals surface area contributed by atoms with Crippen LogP contribution in [0.25, 0.3) is 0 Å². The maximum Gasteiger partial charge on any atom is 0.309 e. The number of methoxy groups -OCH3 is 1. The van der Waals surface area contributed by atoms with E-state index in [4.69, 9.17) is 15.6 Å². The molecule has 0 fully saturated rings. The van der Waals surface area contributed by atoms with Gasteiger partial charge in [-0.15, -0.1) is 0 Å². The maximum atomic E-state index is 10.4. The number of aromatic nitrogens is 2. The van der Waals surface area contributed by atoms with Crippen molar-refractivity contribution in [3.8, 4) is 5.88 Å². The summed E-state index contributed by atoms with van der Waals surface area (Å²) < 4.78 is 4.77. The average molecular weight is 183 g/mol. The first kappa shape index (κ1) is 9.24. The summed E-state index contributed by atoms with van der Waals surface area (Å²) in [4.78, 5) is 17.9. The molecule has 0 saturated heterocycles. The van der Waals surface area contributed by atoms with Crippen LogP contribution in [0.15, 0.2) is 6.20 Å². The molecule has 0 atom stereocenters. The van der Waals surface area contributed by atoms with Crippen LogP contribution in [-0.2, 0) is 11.2 Å². The third-order valence-electron chi connectivity index (χ3n) is 1.38. The van der Waals surface area contributed by atoms with Gasteiger partial charge >= 0.3 is 5.97 Å². The summed E-state index contributed by atoms with van der Waals surface area (Å²) in [5, 5.41) is 8.49. The van der Waals surface area contributed by atoms with Gasteiger partial charge in [0.2, 0.25) is 5.88 Å². The lowest BCUT2D eigenvalue weighted by Crippen LogP contribution is -2.08. The first-order chi connectivity index (χ1) is 6.13. The van der Waals surface area contributed by atoms with Crippen molar-refractivity contribution in [3.63, 3.8) is 0 Å². The van der Waals surface area contributed by atoms with Crippen LogP contribution in [0.1, 0.15) is 5.69 Å². The first-order valence-corrected chi connectivity index (χ1v) is 3.50. The predicted octanol–water partition coefficient (Wildman–Crippen LogP) is -0.306. The van der Waals surface area contributed by atoms with E-state index >= 15 is 0 Å². The van der Waals surface area contributed by atoms with Crippen LogP contribution < -0.4 is 10.5 Å². The van der Waals surface area contributed by atoms with E-state index in [0.717, 1.165) is 0 Å². The molecule has 0 aromatic carbocycles. The number of ether oxygens (including phenoxy) is 1. The zero-order chi connectivity index (χ0) is 9.84. The maximum absolute atomic E-state index is 10.4. The molecule has 1 heterocycles. The van der Waals surface area contributed by atoms with Gasteiger partial charge in [-0.1, -0.05) is 0 Å². The van der Waals surface area contributed by atoms with Crippen LogP contribution in [0.3, 0.4) is 0 Å². The van der Waals surface area contributed by atoms with Crippen molar-refractivity contribution in [2.75, 3.05) is 12.8 Å². The standard InChI is InChI=1S/C7H9N3O3/c1-13-5-3-9-7(8)4(10-5)2-6(11)12/h3H,2H2,1H3,(H2,8,9)(H,11,12). The molecule has 0 aliphatic heterocycles. The zero-order valence-corrected chi connectivity index (χ0v) is 7.02. The van der Waals surface area contributed by atoms with Gasteiger partial charge in [-0.25, -0.2) is 9.97 Å². The van der Waals surface area contributed by atoms with E-state index in [9.17, 15) is 4.79 Å². The van der Waals surface area contributed by atoms with Crippen LogP contribution >= 0.6 is 0 Å². The molecule has 0 aliphatic rings. The van der Waals surface area contributed by atoms with E-state index < -0.39 is 5.97 Å². The highest BCUT2D eigenvalue weighted by Crippen LogP contribution is 2.11. The number of rotatable bonds is 3. The smallest absolute Gasteiger partial charge is 0.309 e. The fraction of sp³-hybridized carbons (Fsp3) is 0.286. The highest BCUT2D eigenvalue weighted by molar-refractivity contribution is 5.71. The van der Waals surface area contributed by atoms with Crippen LogP contribution in [0, 0.1) is 0 Å². The molecule has 0 saturated carbocycles. The number of carbonyl (C=O) groups is 1. The predicted molar refractivity (Wildman–Crippen MR) is 44.3 cm³/mol. The molecule has 0 radical (unpaired) electrons. The summed E-state index contributed by atoms with van der Waals surface area (Å²) in [6, 6.07) is 0. The van der Waals surface area contributed by atoms with Crippen LogP contribution in [0.2, 0.25) is 0 Å². The van der Waals surface area contributed by atoms with Gasteiger partial charge in [0, 0.05) is 0 Å². The number of nitrogens with zero attached hydrogens (tertiary/aromatic N) is 2. The Balaban J connectivity index is 2.96. The van der Waals surface area contributed by atoms with E-state index in [2.05, 4.69) is 9.97 Å². The van der Waals surface area contributed by atoms with Crippen LogP contribution in [0.5, 0.6) is 5.88 Å². The third-order valence-corrected chi connectivity index (χ3v) is 1.38. The second-order valence-corrected chi connectivity index (χ2v) is 2.31. The van der Waals surface area contributed by atoms with Gasteiger partial charge in [0.1, 0.15) is 5.82 Å². The van der Waals surface area contributed by atoms with Gasteiger partial charge in [0.25, 0.3) is 0 Å². The highest BCUT2D eigenvalue weighted by atomic mass is 16.5. The molecule has 13 heavy (non-hydrogen) atoms. The van der Waals surface area contributed by atoms with E-state index in [1.165, 1.54) is 13.3 Å². The molecule has 0 bridgehead atoms. The van der Waals surface area contributed by atoms with Crippen molar-refractivity contribution >= 4 is 11.8 Å². The Morgan fingerprint density at radius 2 is 2.46 bits per heavy atom. The first-order valence-electron chi connectivity index (χ1n) is 3.50. The number of nitrogen functional groups attached to an aromatic ring is 1. The Hall–Kier alpha value is -1.85. The minimum Gasteiger partial charge on any atom is -0.481 e. The molecule has 0 amide bonds. The summed E-state index contributed by atoms with van der Waals surface area (Å²) in [5.41, 5.74) is 5.61. The molecule has 3 N–H and O–H groups in total. The molecular formula is C7H9N3O3. The lowest BCUT2D eigenvalue weighted by Gasteiger charge is -2.03. The normalized spacial score (nSPS) is 9.62. The Labute approximate surface area is 74.4 Å². The Morgan fingerprint density at radius 1 is 1.77 bits per heavy atom. The molecular weight excluding hydrogens is 174 g/mol. The second-order valence-electron chi connectivity index (χ2n) is 2.31. The number of nitrogens with two attached hydrogens (primary N) is 1. The third kappa shape index (κ3) is 2.29. The minimum absolute atomic E-state index is 0.114. The van der Waals surface area contributed by atoms with Gasteiger partial charge in [0.05, 0.1) is 25.4 Å². The van der Waals surface area contributed by atoms with Crippen LogP contribution in [-0.4, -0.2) is 28.2 Å². The van der Waals surface area contributed by atoms with Crippen molar-refractivity contribution in [2.45, 2.75) is 6.42 Å². The molecule has 6 nitrogen and oxygen atoms in total. The Kier molecular flexibility index (Phi) is 2.63. The number of anilines is 1. The van der Waals surface area contributed by atoms with Crippen LogP contribution in [0.4, 0.5) is 5.82 Å². The molecule has 1 aromatic heterocycles. The lowest BCUT2D eigenvalue weighted by molar-refractivity contribution is -0.136. The van der Waals surface area contributed by atoms with Crippen molar-refractivity contribution in [1.29, 1.82) is 0 Å². The van der Waals surface area contributed by atoms with Gasteiger partial charge in [-0.2, -0.15) is 0 Å². The Bertz CT molecular complexity index is 327. The summed E-state index contributed by atoms with van der Waals surface area (Å²) in [6.07, 6.45) is 1.08. The largest absolute Gasteiger partial charge is 0.481 e. The number of hydrogen-bond donors (Lipinski definition) is 2. The Morgan fingerprint density at radius 3 is 3.00 bits per heavy atom. The number of carboxylic acids is 1. The monoisotopic (exact) mass is 183 g/mol. The van der Waals surface area contributed by atoms with Crippen molar-refractivity contribution in [1.82, 2.24) is 9.97 Å². The molecule has 0 aliphatic carbocycles.